The monoisotopic (exact) mass is 744 g/mol. The number of esters is 1. The van der Waals surface area contributed by atoms with Gasteiger partial charge in [-0.3, -0.25) is 18.6 Å². The minimum Gasteiger partial charge on any atom is -0.448 e. The largest absolute Gasteiger partial charge is 0.448 e. The van der Waals surface area contributed by atoms with Crippen LogP contribution in [0.2, 0.25) is 0 Å². The molecule has 56 heavy (non-hydrogen) atoms. The third-order valence-corrected chi connectivity index (χ3v) is 14.2. The lowest BCUT2D eigenvalue weighted by molar-refractivity contribution is 0.0209. The van der Waals surface area contributed by atoms with Gasteiger partial charge in [0.1, 0.15) is 11.4 Å². The van der Waals surface area contributed by atoms with Crippen LogP contribution in [0.4, 0.5) is 11.4 Å². The molecule has 10 rings (SSSR count). The van der Waals surface area contributed by atoms with Gasteiger partial charge in [-0.05, 0) is 59.4 Å². The number of rotatable bonds is 12. The number of nitrogens with zero attached hydrogens (tertiary/aromatic N) is 2. The van der Waals surface area contributed by atoms with Crippen LogP contribution in [-0.2, 0) is 21.2 Å². The van der Waals surface area contributed by atoms with Crippen LogP contribution >= 0.6 is 0 Å². The number of quaternary nitrogens is 2. The molecule has 1 aliphatic heterocycles. The molecular formula is C48H48N4O4+2. The molecule has 1 saturated carbocycles. The minimum atomic E-state index is -0.884. The van der Waals surface area contributed by atoms with E-state index in [1.54, 1.807) is 13.8 Å². The Bertz CT molecular complexity index is 2590. The Hall–Kier alpha value is -5.25. The predicted octanol–water partition coefficient (Wildman–Crippen LogP) is 6.40. The molecule has 0 aromatic heterocycles. The fourth-order valence-corrected chi connectivity index (χ4v) is 11.8. The van der Waals surface area contributed by atoms with Crippen LogP contribution in [-0.4, -0.2) is 71.9 Å². The summed E-state index contributed by atoms with van der Waals surface area (Å²) in [6, 6.07) is 33.4. The molecular weight excluding hydrogens is 697 g/mol. The first-order chi connectivity index (χ1) is 26.8. The van der Waals surface area contributed by atoms with Crippen molar-refractivity contribution < 1.29 is 19.1 Å². The van der Waals surface area contributed by atoms with Gasteiger partial charge in [-0.2, -0.15) is 0 Å². The van der Waals surface area contributed by atoms with Gasteiger partial charge in [-0.1, -0.05) is 84.9 Å². The highest BCUT2D eigenvalue weighted by molar-refractivity contribution is 6.09. The molecule has 5 aliphatic rings. The molecule has 282 valence electrons. The molecule has 4 N–H and O–H groups in total. The van der Waals surface area contributed by atoms with E-state index < -0.39 is 16.4 Å². The molecule has 0 amide bonds. The number of ether oxygens (including phenoxy) is 1. The topological polar surface area (TPSA) is 112 Å². The summed E-state index contributed by atoms with van der Waals surface area (Å²) in [5.74, 6) is -0.370. The first kappa shape index (κ1) is 35.2. The number of ketones is 2. The number of nitrogens with two attached hydrogens (primary N) is 2. The molecule has 1 fully saturated rings. The maximum Gasteiger partial charge on any atom is 0.339 e. The summed E-state index contributed by atoms with van der Waals surface area (Å²) in [5, 5.41) is 0. The number of carbonyl (C=O) groups is 3. The molecule has 5 atom stereocenters. The molecule has 1 heterocycles. The number of para-hydroxylation sites is 2. The Morgan fingerprint density at radius 1 is 0.643 bits per heavy atom. The number of hydrogen-bond acceptors (Lipinski definition) is 6. The summed E-state index contributed by atoms with van der Waals surface area (Å²) in [6.45, 7) is 5.71. The van der Waals surface area contributed by atoms with E-state index in [4.69, 9.17) is 16.2 Å². The average Bonchev–Trinajstić information content (AvgIpc) is 3.97. The van der Waals surface area contributed by atoms with E-state index in [9.17, 15) is 14.4 Å². The second-order valence-electron chi connectivity index (χ2n) is 17.7. The van der Waals surface area contributed by atoms with Crippen molar-refractivity contribution in [3.63, 3.8) is 0 Å². The summed E-state index contributed by atoms with van der Waals surface area (Å²) < 4.78 is 7.98. The van der Waals surface area contributed by atoms with Gasteiger partial charge in [0.25, 0.3) is 0 Å². The Morgan fingerprint density at radius 3 is 1.68 bits per heavy atom. The molecule has 5 aromatic rings. The van der Waals surface area contributed by atoms with Crippen molar-refractivity contribution in [2.45, 2.75) is 42.1 Å². The first-order valence-electron chi connectivity index (χ1n) is 19.7. The lowest BCUT2D eigenvalue weighted by atomic mass is 9.56. The van der Waals surface area contributed by atoms with Crippen LogP contribution in [0.15, 0.2) is 97.1 Å². The van der Waals surface area contributed by atoms with Gasteiger partial charge in [-0.15, -0.1) is 0 Å². The van der Waals surface area contributed by atoms with Crippen molar-refractivity contribution in [1.82, 2.24) is 8.97 Å². The van der Waals surface area contributed by atoms with Crippen LogP contribution in [0.5, 0.6) is 0 Å². The van der Waals surface area contributed by atoms with Gasteiger partial charge in [-0.25, -0.2) is 4.79 Å². The SMILES string of the molecule is CC(=O)c1ccc(C2(c3ccccc3[N+](C)(C)CCN)c3c4c(c5c6c3C3C6(OC5=O)C3(c3ccc(C(C)=O)cc3)c3ccccc3[N+](C)(C)CCN)C42)cc1. The van der Waals surface area contributed by atoms with Crippen LogP contribution in [0, 0.1) is 0 Å². The Morgan fingerprint density at radius 2 is 1.14 bits per heavy atom. The van der Waals surface area contributed by atoms with E-state index in [1.807, 2.05) is 24.3 Å². The summed E-state index contributed by atoms with van der Waals surface area (Å²) in [6.07, 6.45) is 0. The second kappa shape index (κ2) is 11.2. The van der Waals surface area contributed by atoms with E-state index in [0.29, 0.717) is 33.2 Å². The summed E-state index contributed by atoms with van der Waals surface area (Å²) >= 11 is 0. The number of Topliss-reactive ketones (excluding diaryl/α,β-unsaturated/α-hetero) is 2. The number of carbonyl (C=O) groups excluding carboxylic acids is 3. The standard InChI is InChI=1S/C48H48N4O4/c1-27(53)29-15-19-31(20-16-29)46(33-11-7-9-13-35(33)51(3,4)25-23-49)41-37-38(41)42(46)40-43-39(37)45(55)56-48(43)44(40)47(48,32-21-17-30(18-22-32)28(2)54)34-12-8-10-14-36(34)52(5,6)26-24-50/h7-22,41,44H,23-26,49-50H2,1-6H3/q+2. The van der Waals surface area contributed by atoms with Gasteiger partial charge in [0.05, 0.1) is 57.7 Å². The van der Waals surface area contributed by atoms with Crippen molar-refractivity contribution in [3.05, 3.63) is 164 Å². The van der Waals surface area contributed by atoms with Crippen LogP contribution < -0.4 is 20.4 Å². The molecule has 0 bridgehead atoms. The van der Waals surface area contributed by atoms with Crippen molar-refractivity contribution in [2.24, 2.45) is 11.5 Å². The summed E-state index contributed by atoms with van der Waals surface area (Å²) in [7, 11) is 8.80. The first-order valence-corrected chi connectivity index (χ1v) is 19.7. The van der Waals surface area contributed by atoms with E-state index in [2.05, 4.69) is 101 Å². The average molecular weight is 745 g/mol. The van der Waals surface area contributed by atoms with Crippen LogP contribution in [0.1, 0.15) is 107 Å². The lowest BCUT2D eigenvalue weighted by Gasteiger charge is -2.46. The minimum absolute atomic E-state index is 0.00293. The molecule has 8 heteroatoms. The molecule has 0 saturated heterocycles. The smallest absolute Gasteiger partial charge is 0.339 e. The Balaban J connectivity index is 1.28. The quantitative estimate of drug-likeness (QED) is 0.0870. The molecule has 4 aliphatic carbocycles. The highest BCUT2D eigenvalue weighted by Gasteiger charge is 2.94. The number of benzene rings is 5. The number of hydrogen-bond donors (Lipinski definition) is 2. The molecule has 1 spiro atoms. The summed E-state index contributed by atoms with van der Waals surface area (Å²) in [5.41, 5.74) is 25.0. The van der Waals surface area contributed by atoms with E-state index in [0.717, 1.165) is 52.2 Å². The van der Waals surface area contributed by atoms with Gasteiger partial charge in [0.15, 0.2) is 17.2 Å². The number of fused-ring (bicyclic) bond motifs is 4. The maximum absolute atomic E-state index is 14.6. The highest BCUT2D eigenvalue weighted by Crippen LogP contribution is 2.93. The van der Waals surface area contributed by atoms with E-state index in [-0.39, 0.29) is 29.4 Å². The van der Waals surface area contributed by atoms with Gasteiger partial charge in [0.2, 0.25) is 0 Å². The van der Waals surface area contributed by atoms with Crippen molar-refractivity contribution in [1.29, 1.82) is 0 Å². The molecule has 5 aromatic carbocycles. The van der Waals surface area contributed by atoms with Crippen molar-refractivity contribution in [2.75, 3.05) is 54.4 Å². The zero-order valence-electron chi connectivity index (χ0n) is 32.9. The normalized spacial score (nSPS) is 25.6. The van der Waals surface area contributed by atoms with E-state index in [1.165, 1.54) is 27.9 Å². The number of likely N-dealkylation sites (N-methyl/N-ethyl adjacent to an activating group) is 2. The van der Waals surface area contributed by atoms with Crippen molar-refractivity contribution in [3.8, 4) is 0 Å². The highest BCUT2D eigenvalue weighted by atomic mass is 16.6. The lowest BCUT2D eigenvalue weighted by Crippen LogP contribution is -2.48. The Kier molecular flexibility index (Phi) is 7.04. The third-order valence-electron chi connectivity index (χ3n) is 14.2. The van der Waals surface area contributed by atoms with Crippen LogP contribution in [0.3, 0.4) is 0 Å². The van der Waals surface area contributed by atoms with Gasteiger partial charge in [0, 0.05) is 52.7 Å². The Labute approximate surface area is 327 Å². The zero-order valence-corrected chi connectivity index (χ0v) is 32.9. The molecule has 0 radical (unpaired) electrons. The zero-order chi connectivity index (χ0) is 39.3. The van der Waals surface area contributed by atoms with Crippen LogP contribution in [0.25, 0.3) is 0 Å². The van der Waals surface area contributed by atoms with Crippen molar-refractivity contribution >= 4 is 28.9 Å². The fraction of sp³-hybridized carbons (Fsp3) is 0.312. The molecule has 5 unspecified atom stereocenters. The predicted molar refractivity (Wildman–Crippen MR) is 220 cm³/mol. The fourth-order valence-electron chi connectivity index (χ4n) is 11.8. The second-order valence-corrected chi connectivity index (χ2v) is 17.7. The van der Waals surface area contributed by atoms with Gasteiger partial charge >= 0.3 is 5.97 Å². The van der Waals surface area contributed by atoms with Gasteiger partial charge < -0.3 is 16.2 Å². The molecule has 8 nitrogen and oxygen atoms in total. The van der Waals surface area contributed by atoms with E-state index >= 15 is 0 Å². The third kappa shape index (κ3) is 3.90. The summed E-state index contributed by atoms with van der Waals surface area (Å²) in [4.78, 5) is 39.7. The maximum atomic E-state index is 14.6.